The molecule has 2 atom stereocenters. The van der Waals surface area contributed by atoms with Gasteiger partial charge in [0.1, 0.15) is 0 Å². The van der Waals surface area contributed by atoms with E-state index in [0.29, 0.717) is 30.0 Å². The Morgan fingerprint density at radius 2 is 1.54 bits per heavy atom. The van der Waals surface area contributed by atoms with Gasteiger partial charge in [0, 0.05) is 32.2 Å². The van der Waals surface area contributed by atoms with Crippen LogP contribution in [0.2, 0.25) is 0 Å². The molecule has 0 N–H and O–H groups in total. The zero-order valence-corrected chi connectivity index (χ0v) is 23.0. The number of hydrogen-bond donors (Lipinski definition) is 0. The molecule has 0 spiro atoms. The van der Waals surface area contributed by atoms with E-state index in [2.05, 4.69) is 4.90 Å². The van der Waals surface area contributed by atoms with E-state index in [1.54, 1.807) is 19.2 Å². The number of nitrogens with zero attached hydrogens (tertiary/aromatic N) is 3. The highest BCUT2D eigenvalue weighted by Gasteiger charge is 2.47. The number of methoxy groups -OCH3 is 2. The summed E-state index contributed by atoms with van der Waals surface area (Å²) in [6, 6.07) is 12.5. The maximum absolute atomic E-state index is 13.5. The van der Waals surface area contributed by atoms with E-state index in [1.165, 1.54) is 48.9 Å². The highest BCUT2D eigenvalue weighted by Crippen LogP contribution is 2.42. The number of ether oxygens (including phenoxy) is 2. The molecule has 2 bridgehead atoms. The molecule has 37 heavy (non-hydrogen) atoms. The molecular formula is C26H33N3O6S2. The molecule has 200 valence electrons. The van der Waals surface area contributed by atoms with Crippen molar-refractivity contribution in [3.05, 3.63) is 48.0 Å². The largest absolute Gasteiger partial charge is 0.493 e. The molecule has 1 saturated heterocycles. The topological polar surface area (TPSA) is 117 Å². The zero-order valence-electron chi connectivity index (χ0n) is 21.3. The summed E-state index contributed by atoms with van der Waals surface area (Å²) in [6.07, 6.45) is 2.38. The first-order valence-electron chi connectivity index (χ1n) is 12.3. The minimum absolute atomic E-state index is 0.0295. The average molecular weight is 548 g/mol. The fourth-order valence-electron chi connectivity index (χ4n) is 5.70. The number of hydrogen-bond acceptors (Lipinski definition) is 8. The summed E-state index contributed by atoms with van der Waals surface area (Å²) >= 11 is 0. The Labute approximate surface area is 219 Å². The summed E-state index contributed by atoms with van der Waals surface area (Å²) in [4.78, 5) is 2.67. The van der Waals surface area contributed by atoms with Crippen LogP contribution in [0.1, 0.15) is 24.8 Å². The fraction of sp³-hybridized carbons (Fsp3) is 0.500. The van der Waals surface area contributed by atoms with E-state index >= 15 is 0 Å². The maximum atomic E-state index is 13.5. The van der Waals surface area contributed by atoms with E-state index in [1.807, 2.05) is 6.07 Å². The van der Waals surface area contributed by atoms with Gasteiger partial charge in [0.2, 0.25) is 10.0 Å². The van der Waals surface area contributed by atoms with Crippen molar-refractivity contribution in [1.29, 1.82) is 5.26 Å². The molecular weight excluding hydrogens is 514 g/mol. The van der Waals surface area contributed by atoms with E-state index in [9.17, 15) is 16.8 Å². The average Bonchev–Trinajstić information content (AvgIpc) is 3.16. The van der Waals surface area contributed by atoms with Crippen molar-refractivity contribution in [3.63, 3.8) is 0 Å². The van der Waals surface area contributed by atoms with Crippen LogP contribution in [-0.2, 0) is 19.9 Å². The second-order valence-electron chi connectivity index (χ2n) is 9.69. The third-order valence-corrected chi connectivity index (χ3v) is 11.2. The molecule has 1 aliphatic carbocycles. The Hall–Kier alpha value is -2.65. The third-order valence-electron chi connectivity index (χ3n) is 7.54. The van der Waals surface area contributed by atoms with Crippen LogP contribution in [0, 0.1) is 23.2 Å². The Bertz CT molecular complexity index is 1360. The van der Waals surface area contributed by atoms with E-state index in [0.717, 1.165) is 25.9 Å². The first-order chi connectivity index (χ1) is 17.6. The lowest BCUT2D eigenvalue weighted by molar-refractivity contribution is 0.0995. The first-order valence-corrected chi connectivity index (χ1v) is 15.4. The molecule has 1 saturated carbocycles. The Morgan fingerprint density at radius 3 is 2.11 bits per heavy atom. The summed E-state index contributed by atoms with van der Waals surface area (Å²) < 4.78 is 64.4. The van der Waals surface area contributed by atoms with Gasteiger partial charge in [0.25, 0.3) is 0 Å². The molecule has 9 nitrogen and oxygen atoms in total. The van der Waals surface area contributed by atoms with Crippen LogP contribution in [0.25, 0.3) is 0 Å². The molecule has 0 amide bonds. The molecule has 11 heteroatoms. The van der Waals surface area contributed by atoms with Gasteiger partial charge >= 0.3 is 0 Å². The Balaban J connectivity index is 1.38. The summed E-state index contributed by atoms with van der Waals surface area (Å²) in [5, 5.41) is 8.91. The third kappa shape index (κ3) is 5.62. The van der Waals surface area contributed by atoms with Crippen LogP contribution in [0.4, 0.5) is 0 Å². The van der Waals surface area contributed by atoms with Gasteiger partial charge in [-0.1, -0.05) is 0 Å². The van der Waals surface area contributed by atoms with Gasteiger partial charge in [-0.2, -0.15) is 9.57 Å². The van der Waals surface area contributed by atoms with Crippen LogP contribution in [0.5, 0.6) is 11.5 Å². The molecule has 1 heterocycles. The second kappa shape index (κ2) is 11.0. The molecule has 2 unspecified atom stereocenters. The number of rotatable bonds is 10. The standard InChI is InChI=1S/C26H33N3O6S2/c1-28(37(32,33)23-11-12-24(34-2)25(15-23)35-3)26-20-7-8-21(26)18-29(17-20)13-4-14-36(30,31)22-9-5-19(16-27)6-10-22/h5-6,9-12,15,20-21,26H,4,7-8,13-14,17-18H2,1-3H3. The van der Waals surface area contributed by atoms with Crippen LogP contribution in [0.3, 0.4) is 0 Å². The molecule has 0 aromatic heterocycles. The van der Waals surface area contributed by atoms with Crippen molar-refractivity contribution >= 4 is 19.9 Å². The van der Waals surface area contributed by atoms with Crippen molar-refractivity contribution in [2.45, 2.75) is 35.1 Å². The number of piperidine rings is 1. The molecule has 2 aromatic rings. The Kier molecular flexibility index (Phi) is 8.14. The van der Waals surface area contributed by atoms with Crippen molar-refractivity contribution in [2.24, 2.45) is 11.8 Å². The fourth-order valence-corrected chi connectivity index (χ4v) is 8.49. The highest BCUT2D eigenvalue weighted by atomic mass is 32.2. The first kappa shape index (κ1) is 27.4. The van der Waals surface area contributed by atoms with Crippen molar-refractivity contribution in [1.82, 2.24) is 9.21 Å². The lowest BCUT2D eigenvalue weighted by Gasteiger charge is -2.41. The number of likely N-dealkylation sites (tertiary alicyclic amines) is 1. The monoisotopic (exact) mass is 547 g/mol. The lowest BCUT2D eigenvalue weighted by atomic mass is 9.92. The summed E-state index contributed by atoms with van der Waals surface area (Å²) in [5.74, 6) is 1.24. The van der Waals surface area contributed by atoms with Crippen LogP contribution in [0.15, 0.2) is 52.3 Å². The number of sulfonamides is 1. The predicted octanol–water partition coefficient (Wildman–Crippen LogP) is 2.77. The van der Waals surface area contributed by atoms with Gasteiger partial charge in [0.05, 0.1) is 41.4 Å². The van der Waals surface area contributed by atoms with Crippen LogP contribution in [-0.4, -0.2) is 78.7 Å². The highest BCUT2D eigenvalue weighted by molar-refractivity contribution is 7.91. The van der Waals surface area contributed by atoms with E-state index in [-0.39, 0.29) is 33.4 Å². The molecule has 2 aliphatic rings. The van der Waals surface area contributed by atoms with Gasteiger partial charge in [-0.05, 0) is 74.0 Å². The number of nitriles is 1. The number of benzene rings is 2. The zero-order chi connectivity index (χ0) is 26.8. The second-order valence-corrected chi connectivity index (χ2v) is 13.8. The number of sulfone groups is 1. The lowest BCUT2D eigenvalue weighted by Crippen LogP contribution is -2.53. The SMILES string of the molecule is COc1ccc(S(=O)(=O)N(C)C2C3CCC2CN(CCCS(=O)(=O)c2ccc(C#N)cc2)C3)cc1OC. The predicted molar refractivity (Wildman–Crippen MR) is 139 cm³/mol. The van der Waals surface area contributed by atoms with E-state index in [4.69, 9.17) is 14.7 Å². The molecule has 0 radical (unpaired) electrons. The van der Waals surface area contributed by atoms with Crippen LogP contribution >= 0.6 is 0 Å². The van der Waals surface area contributed by atoms with Gasteiger partial charge < -0.3 is 14.4 Å². The molecule has 2 aromatic carbocycles. The van der Waals surface area contributed by atoms with Crippen LogP contribution < -0.4 is 9.47 Å². The summed E-state index contributed by atoms with van der Waals surface area (Å²) in [5.41, 5.74) is 0.426. The smallest absolute Gasteiger partial charge is 0.243 e. The van der Waals surface area contributed by atoms with Gasteiger partial charge in [-0.25, -0.2) is 16.8 Å². The maximum Gasteiger partial charge on any atom is 0.243 e. The van der Waals surface area contributed by atoms with E-state index < -0.39 is 19.9 Å². The summed E-state index contributed by atoms with van der Waals surface area (Å²) in [7, 11) is -2.52. The molecule has 4 rings (SSSR count). The Morgan fingerprint density at radius 1 is 0.946 bits per heavy atom. The van der Waals surface area contributed by atoms with Gasteiger partial charge in [-0.15, -0.1) is 0 Å². The normalized spacial score (nSPS) is 22.1. The van der Waals surface area contributed by atoms with Gasteiger partial charge in [-0.3, -0.25) is 0 Å². The van der Waals surface area contributed by atoms with Gasteiger partial charge in [0.15, 0.2) is 21.3 Å². The number of fused-ring (bicyclic) bond motifs is 2. The van der Waals surface area contributed by atoms with Crippen molar-refractivity contribution in [3.8, 4) is 17.6 Å². The van der Waals surface area contributed by atoms with Crippen molar-refractivity contribution in [2.75, 3.05) is 46.7 Å². The minimum Gasteiger partial charge on any atom is -0.493 e. The minimum atomic E-state index is -3.73. The molecule has 2 fully saturated rings. The van der Waals surface area contributed by atoms with Crippen molar-refractivity contribution < 1.29 is 26.3 Å². The summed E-state index contributed by atoms with van der Waals surface area (Å²) in [6.45, 7) is 2.12. The quantitative estimate of drug-likeness (QED) is 0.446. The molecule has 1 aliphatic heterocycles.